The molecule has 0 bridgehead atoms. The fourth-order valence-corrected chi connectivity index (χ4v) is 2.94. The average Bonchev–Trinajstić information content (AvgIpc) is 2.46. The van der Waals surface area contributed by atoms with Crippen molar-refractivity contribution in [3.63, 3.8) is 0 Å². The quantitative estimate of drug-likeness (QED) is 0.906. The van der Waals surface area contributed by atoms with E-state index < -0.39 is 5.92 Å². The Bertz CT molecular complexity index is 469. The largest absolute Gasteiger partial charge is 0.493 e. The first-order valence-corrected chi connectivity index (χ1v) is 7.29. The minimum atomic E-state index is -2.50. The lowest BCUT2D eigenvalue weighted by Crippen LogP contribution is -2.37. The van der Waals surface area contributed by atoms with Crippen LogP contribution in [-0.2, 0) is 6.42 Å². The molecular weight excluding hydrogens is 276 g/mol. The predicted molar refractivity (Wildman–Crippen MR) is 78.1 cm³/mol. The highest BCUT2D eigenvalue weighted by Crippen LogP contribution is 2.38. The Morgan fingerprint density at radius 3 is 2.38 bits per heavy atom. The molecule has 118 valence electrons. The number of nitrogens with two attached hydrogens (primary N) is 1. The molecule has 1 aromatic carbocycles. The molecule has 2 rings (SSSR count). The monoisotopic (exact) mass is 299 g/mol. The molecule has 5 heteroatoms. The second-order valence-electron chi connectivity index (χ2n) is 5.75. The van der Waals surface area contributed by atoms with Crippen LogP contribution in [0.2, 0.25) is 0 Å². The van der Waals surface area contributed by atoms with Crippen LogP contribution in [0, 0.1) is 5.92 Å². The van der Waals surface area contributed by atoms with Crippen LogP contribution in [0.5, 0.6) is 11.5 Å². The van der Waals surface area contributed by atoms with E-state index >= 15 is 0 Å². The van der Waals surface area contributed by atoms with Crippen molar-refractivity contribution in [1.29, 1.82) is 0 Å². The fraction of sp³-hybridized carbons (Fsp3) is 0.625. The molecule has 1 atom stereocenters. The van der Waals surface area contributed by atoms with Gasteiger partial charge in [0, 0.05) is 18.9 Å². The first-order chi connectivity index (χ1) is 9.95. The number of hydrogen-bond acceptors (Lipinski definition) is 3. The van der Waals surface area contributed by atoms with Crippen molar-refractivity contribution in [2.24, 2.45) is 11.7 Å². The Labute approximate surface area is 124 Å². The number of hydrogen-bond donors (Lipinski definition) is 1. The first-order valence-electron chi connectivity index (χ1n) is 7.29. The highest BCUT2D eigenvalue weighted by Gasteiger charge is 2.36. The lowest BCUT2D eigenvalue weighted by molar-refractivity contribution is -0.0481. The van der Waals surface area contributed by atoms with Gasteiger partial charge in [0.05, 0.1) is 14.2 Å². The molecule has 0 radical (unpaired) electrons. The molecule has 0 spiro atoms. The van der Waals surface area contributed by atoms with E-state index in [1.165, 1.54) is 0 Å². The molecule has 21 heavy (non-hydrogen) atoms. The van der Waals surface area contributed by atoms with Gasteiger partial charge in [-0.2, -0.15) is 0 Å². The van der Waals surface area contributed by atoms with Gasteiger partial charge in [0.1, 0.15) is 0 Å². The number of alkyl halides is 2. The Hall–Kier alpha value is -1.36. The minimum Gasteiger partial charge on any atom is -0.493 e. The van der Waals surface area contributed by atoms with Gasteiger partial charge in [-0.15, -0.1) is 0 Å². The summed E-state index contributed by atoms with van der Waals surface area (Å²) in [5.41, 5.74) is 7.25. The van der Waals surface area contributed by atoms with E-state index in [9.17, 15) is 8.78 Å². The summed E-state index contributed by atoms with van der Waals surface area (Å²) < 4.78 is 36.8. The van der Waals surface area contributed by atoms with Crippen molar-refractivity contribution in [3.05, 3.63) is 23.8 Å². The van der Waals surface area contributed by atoms with Crippen molar-refractivity contribution in [1.82, 2.24) is 0 Å². The maximum atomic E-state index is 13.2. The van der Waals surface area contributed by atoms with Crippen molar-refractivity contribution in [3.8, 4) is 11.5 Å². The molecule has 2 N–H and O–H groups in total. The normalized spacial score (nSPS) is 20.0. The van der Waals surface area contributed by atoms with E-state index in [0.29, 0.717) is 30.8 Å². The second kappa shape index (κ2) is 6.60. The van der Waals surface area contributed by atoms with Crippen molar-refractivity contribution >= 4 is 0 Å². The van der Waals surface area contributed by atoms with Crippen LogP contribution in [-0.4, -0.2) is 26.2 Å². The third-order valence-corrected chi connectivity index (χ3v) is 4.29. The smallest absolute Gasteiger partial charge is 0.248 e. The molecule has 0 aromatic heterocycles. The average molecular weight is 299 g/mol. The molecule has 1 saturated carbocycles. The van der Waals surface area contributed by atoms with Crippen LogP contribution in [0.3, 0.4) is 0 Å². The third kappa shape index (κ3) is 4.06. The molecule has 1 aliphatic rings. The molecule has 3 nitrogen and oxygen atoms in total. The number of ether oxygens (including phenoxy) is 2. The zero-order chi connectivity index (χ0) is 15.5. The highest BCUT2D eigenvalue weighted by molar-refractivity contribution is 5.43. The fourth-order valence-electron chi connectivity index (χ4n) is 2.94. The standard InChI is InChI=1S/C16H23F2NO2/c1-20-14-4-3-11(10-15(14)21-2)9-13(19)12-5-7-16(17,18)8-6-12/h3-4,10,12-13H,5-9,19H2,1-2H3. The van der Waals surface area contributed by atoms with Crippen LogP contribution in [0.15, 0.2) is 18.2 Å². The molecule has 0 saturated heterocycles. The Morgan fingerprint density at radius 2 is 1.81 bits per heavy atom. The van der Waals surface area contributed by atoms with Crippen molar-refractivity contribution in [2.45, 2.75) is 44.1 Å². The van der Waals surface area contributed by atoms with Gasteiger partial charge in [-0.3, -0.25) is 0 Å². The molecule has 0 heterocycles. The summed E-state index contributed by atoms with van der Waals surface area (Å²) in [4.78, 5) is 0. The topological polar surface area (TPSA) is 44.5 Å². The van der Waals surface area contributed by atoms with Gasteiger partial charge in [-0.1, -0.05) is 6.07 Å². The van der Waals surface area contributed by atoms with Gasteiger partial charge in [-0.25, -0.2) is 8.78 Å². The van der Waals surface area contributed by atoms with E-state index in [4.69, 9.17) is 15.2 Å². The van der Waals surface area contributed by atoms with E-state index in [-0.39, 0.29) is 24.8 Å². The maximum absolute atomic E-state index is 13.2. The lowest BCUT2D eigenvalue weighted by atomic mass is 9.80. The molecular formula is C16H23F2NO2. The summed E-state index contributed by atoms with van der Waals surface area (Å²) in [5, 5.41) is 0. The van der Waals surface area contributed by atoms with Crippen molar-refractivity contribution in [2.75, 3.05) is 14.2 Å². The van der Waals surface area contributed by atoms with Gasteiger partial charge in [-0.05, 0) is 42.9 Å². The molecule has 0 amide bonds. The van der Waals surface area contributed by atoms with E-state index in [1.54, 1.807) is 14.2 Å². The summed E-state index contributed by atoms with van der Waals surface area (Å²) in [7, 11) is 3.18. The molecule has 1 aliphatic carbocycles. The van der Waals surface area contributed by atoms with Gasteiger partial charge in [0.25, 0.3) is 0 Å². The summed E-state index contributed by atoms with van der Waals surface area (Å²) in [6.45, 7) is 0. The highest BCUT2D eigenvalue weighted by atomic mass is 19.3. The zero-order valence-corrected chi connectivity index (χ0v) is 12.6. The van der Waals surface area contributed by atoms with E-state index in [1.807, 2.05) is 18.2 Å². The molecule has 1 fully saturated rings. The Morgan fingerprint density at radius 1 is 1.19 bits per heavy atom. The number of methoxy groups -OCH3 is 2. The summed E-state index contributed by atoms with van der Waals surface area (Å²) in [5.74, 6) is -0.998. The van der Waals surface area contributed by atoms with Crippen LogP contribution < -0.4 is 15.2 Å². The summed E-state index contributed by atoms with van der Waals surface area (Å²) in [6, 6.07) is 5.59. The van der Waals surface area contributed by atoms with Crippen molar-refractivity contribution < 1.29 is 18.3 Å². The second-order valence-corrected chi connectivity index (χ2v) is 5.75. The predicted octanol–water partition coefficient (Wildman–Crippen LogP) is 3.40. The maximum Gasteiger partial charge on any atom is 0.248 e. The van der Waals surface area contributed by atoms with Crippen LogP contribution in [0.25, 0.3) is 0 Å². The van der Waals surface area contributed by atoms with Gasteiger partial charge in [0.15, 0.2) is 11.5 Å². The van der Waals surface area contributed by atoms with Crippen LogP contribution in [0.1, 0.15) is 31.2 Å². The first kappa shape index (κ1) is 16.0. The van der Waals surface area contributed by atoms with Gasteiger partial charge >= 0.3 is 0 Å². The number of halogens is 2. The molecule has 1 aromatic rings. The van der Waals surface area contributed by atoms with Gasteiger partial charge < -0.3 is 15.2 Å². The Kier molecular flexibility index (Phi) is 5.04. The minimum absolute atomic E-state index is 0.0443. The summed E-state index contributed by atoms with van der Waals surface area (Å²) in [6.07, 6.45) is 1.58. The van der Waals surface area contributed by atoms with E-state index in [2.05, 4.69) is 0 Å². The SMILES string of the molecule is COc1ccc(CC(N)C2CCC(F)(F)CC2)cc1OC. The van der Waals surface area contributed by atoms with Gasteiger partial charge in [0.2, 0.25) is 5.92 Å². The summed E-state index contributed by atoms with van der Waals surface area (Å²) >= 11 is 0. The number of rotatable bonds is 5. The van der Waals surface area contributed by atoms with Crippen LogP contribution >= 0.6 is 0 Å². The van der Waals surface area contributed by atoms with Crippen LogP contribution in [0.4, 0.5) is 8.78 Å². The number of benzene rings is 1. The Balaban J connectivity index is 1.98. The lowest BCUT2D eigenvalue weighted by Gasteiger charge is -2.32. The molecule has 0 aliphatic heterocycles. The molecule has 1 unspecified atom stereocenters. The third-order valence-electron chi connectivity index (χ3n) is 4.29. The zero-order valence-electron chi connectivity index (χ0n) is 12.6. The van der Waals surface area contributed by atoms with E-state index in [0.717, 1.165) is 5.56 Å².